The molecule has 0 atom stereocenters. The van der Waals surface area contributed by atoms with E-state index in [0.29, 0.717) is 6.07 Å². The summed E-state index contributed by atoms with van der Waals surface area (Å²) in [6.45, 7) is -0.449. The number of nitrogens with zero attached hydrogens (tertiary/aromatic N) is 2. The molecule has 0 unspecified atom stereocenters. The molecule has 0 aliphatic heterocycles. The molecule has 1 heterocycles. The number of nitriles is 1. The topological polar surface area (TPSA) is 65.8 Å². The number of nitrogens with one attached hydrogen (secondary N) is 1. The SMILES string of the molecule is N#CCNC(=O)c1c(C(F)(F)F)cc(Cl)nc1Cl. The maximum absolute atomic E-state index is 12.7. The molecule has 1 N–H and O–H groups in total. The van der Waals surface area contributed by atoms with Gasteiger partial charge in [0.15, 0.2) is 0 Å². The standard InChI is InChI=1S/C9H4Cl2F3N3O/c10-5-3-4(9(12,13)14)6(7(11)17-5)8(18)16-2-1-15/h3H,2H2,(H,16,18). The first-order valence-corrected chi connectivity index (χ1v) is 5.11. The zero-order valence-electron chi connectivity index (χ0n) is 8.48. The van der Waals surface area contributed by atoms with E-state index in [-0.39, 0.29) is 0 Å². The Bertz CT molecular complexity index is 525. The molecule has 1 amide bonds. The Balaban J connectivity index is 3.34. The Hall–Kier alpha value is -1.52. The van der Waals surface area contributed by atoms with Crippen molar-refractivity contribution in [3.05, 3.63) is 27.5 Å². The van der Waals surface area contributed by atoms with Crippen LogP contribution in [0.25, 0.3) is 0 Å². The molecule has 0 saturated heterocycles. The van der Waals surface area contributed by atoms with Crippen LogP contribution in [0.5, 0.6) is 0 Å². The highest BCUT2D eigenvalue weighted by molar-refractivity contribution is 6.35. The van der Waals surface area contributed by atoms with Gasteiger partial charge in [-0.2, -0.15) is 18.4 Å². The van der Waals surface area contributed by atoms with E-state index in [1.54, 1.807) is 6.07 Å². The van der Waals surface area contributed by atoms with Crippen molar-refractivity contribution in [2.24, 2.45) is 0 Å². The van der Waals surface area contributed by atoms with Crippen molar-refractivity contribution in [3.63, 3.8) is 0 Å². The number of carbonyl (C=O) groups excluding carboxylic acids is 1. The van der Waals surface area contributed by atoms with Crippen molar-refractivity contribution in [2.75, 3.05) is 6.54 Å². The number of carbonyl (C=O) groups is 1. The summed E-state index contributed by atoms with van der Waals surface area (Å²) in [4.78, 5) is 14.8. The lowest BCUT2D eigenvalue weighted by Crippen LogP contribution is -2.27. The Morgan fingerprint density at radius 1 is 1.50 bits per heavy atom. The Morgan fingerprint density at radius 2 is 2.11 bits per heavy atom. The van der Waals surface area contributed by atoms with E-state index in [1.165, 1.54) is 0 Å². The van der Waals surface area contributed by atoms with E-state index in [4.69, 9.17) is 28.5 Å². The fourth-order valence-corrected chi connectivity index (χ4v) is 1.65. The van der Waals surface area contributed by atoms with Crippen LogP contribution in [0, 0.1) is 11.3 Å². The van der Waals surface area contributed by atoms with Gasteiger partial charge >= 0.3 is 6.18 Å². The quantitative estimate of drug-likeness (QED) is 0.674. The molecule has 0 saturated carbocycles. The normalized spacial score (nSPS) is 10.9. The summed E-state index contributed by atoms with van der Waals surface area (Å²) in [7, 11) is 0. The van der Waals surface area contributed by atoms with Crippen LogP contribution in [0.4, 0.5) is 13.2 Å². The van der Waals surface area contributed by atoms with Gasteiger partial charge in [-0.25, -0.2) is 4.98 Å². The first-order valence-electron chi connectivity index (χ1n) is 4.35. The summed E-state index contributed by atoms with van der Waals surface area (Å²) >= 11 is 10.8. The van der Waals surface area contributed by atoms with Gasteiger partial charge in [0.2, 0.25) is 0 Å². The van der Waals surface area contributed by atoms with Crippen molar-refractivity contribution < 1.29 is 18.0 Å². The molecule has 0 aliphatic rings. The maximum Gasteiger partial charge on any atom is 0.417 e. The molecule has 4 nitrogen and oxygen atoms in total. The van der Waals surface area contributed by atoms with Gasteiger partial charge in [-0.1, -0.05) is 23.2 Å². The number of rotatable bonds is 2. The summed E-state index contributed by atoms with van der Waals surface area (Å²) < 4.78 is 38.1. The highest BCUT2D eigenvalue weighted by atomic mass is 35.5. The second-order valence-electron chi connectivity index (χ2n) is 3.00. The third-order valence-corrected chi connectivity index (χ3v) is 2.27. The second-order valence-corrected chi connectivity index (χ2v) is 3.74. The van der Waals surface area contributed by atoms with E-state index < -0.39 is 40.1 Å². The van der Waals surface area contributed by atoms with Gasteiger partial charge in [-0.3, -0.25) is 4.79 Å². The summed E-state index contributed by atoms with van der Waals surface area (Å²) in [5, 5.41) is 9.04. The van der Waals surface area contributed by atoms with Crippen LogP contribution < -0.4 is 5.32 Å². The van der Waals surface area contributed by atoms with Gasteiger partial charge < -0.3 is 5.32 Å². The number of pyridine rings is 1. The average Bonchev–Trinajstić information content (AvgIpc) is 2.23. The number of alkyl halides is 3. The minimum atomic E-state index is -4.81. The van der Waals surface area contributed by atoms with Crippen LogP contribution in [0.2, 0.25) is 10.3 Å². The molecule has 0 radical (unpaired) electrons. The lowest BCUT2D eigenvalue weighted by Gasteiger charge is -2.13. The lowest BCUT2D eigenvalue weighted by atomic mass is 10.1. The number of hydrogen-bond donors (Lipinski definition) is 1. The van der Waals surface area contributed by atoms with Crippen LogP contribution >= 0.6 is 23.2 Å². The third-order valence-electron chi connectivity index (χ3n) is 1.80. The molecule has 1 aromatic heterocycles. The van der Waals surface area contributed by atoms with Crippen LogP contribution in [0.3, 0.4) is 0 Å². The van der Waals surface area contributed by atoms with E-state index >= 15 is 0 Å². The van der Waals surface area contributed by atoms with Gasteiger partial charge in [-0.05, 0) is 6.07 Å². The van der Waals surface area contributed by atoms with E-state index in [2.05, 4.69) is 4.98 Å². The molecule has 0 bridgehead atoms. The minimum absolute atomic E-state index is 0.449. The summed E-state index contributed by atoms with van der Waals surface area (Å²) in [6.07, 6.45) is -4.81. The minimum Gasteiger partial charge on any atom is -0.339 e. The molecule has 1 aromatic rings. The summed E-state index contributed by atoms with van der Waals surface area (Å²) in [5.74, 6) is -1.14. The molecule has 9 heteroatoms. The smallest absolute Gasteiger partial charge is 0.339 e. The van der Waals surface area contributed by atoms with Gasteiger partial charge in [0.25, 0.3) is 5.91 Å². The number of aromatic nitrogens is 1. The van der Waals surface area contributed by atoms with Crippen molar-refractivity contribution in [1.29, 1.82) is 5.26 Å². The predicted molar refractivity (Wildman–Crippen MR) is 57.2 cm³/mol. The first-order chi connectivity index (χ1) is 8.27. The molecule has 0 fully saturated rings. The monoisotopic (exact) mass is 297 g/mol. The zero-order valence-corrected chi connectivity index (χ0v) is 9.99. The highest BCUT2D eigenvalue weighted by Gasteiger charge is 2.37. The van der Waals surface area contributed by atoms with E-state index in [9.17, 15) is 18.0 Å². The highest BCUT2D eigenvalue weighted by Crippen LogP contribution is 2.35. The molecule has 0 aromatic carbocycles. The van der Waals surface area contributed by atoms with E-state index in [1.807, 2.05) is 5.32 Å². The predicted octanol–water partition coefficient (Wildman–Crippen LogP) is 2.66. The molecule has 18 heavy (non-hydrogen) atoms. The molecule has 1 rings (SSSR count). The summed E-state index contributed by atoms with van der Waals surface area (Å²) in [6, 6.07) is 2.05. The third kappa shape index (κ3) is 3.24. The molecule has 96 valence electrons. The van der Waals surface area contributed by atoms with Gasteiger partial charge in [0, 0.05) is 0 Å². The summed E-state index contributed by atoms with van der Waals surface area (Å²) in [5.41, 5.74) is -2.16. The molecule has 0 aliphatic carbocycles. The fraction of sp³-hybridized carbons (Fsp3) is 0.222. The fourth-order valence-electron chi connectivity index (χ4n) is 1.13. The molecular weight excluding hydrogens is 294 g/mol. The van der Waals surface area contributed by atoms with Gasteiger partial charge in [0.05, 0.1) is 17.2 Å². The lowest BCUT2D eigenvalue weighted by molar-refractivity contribution is -0.138. The largest absolute Gasteiger partial charge is 0.417 e. The number of amides is 1. The Labute approximate surface area is 109 Å². The Kier molecular flexibility index (Phi) is 4.38. The van der Waals surface area contributed by atoms with Crippen molar-refractivity contribution in [3.8, 4) is 6.07 Å². The number of hydrogen-bond acceptors (Lipinski definition) is 3. The van der Waals surface area contributed by atoms with Crippen molar-refractivity contribution in [2.45, 2.75) is 6.18 Å². The average molecular weight is 298 g/mol. The van der Waals surface area contributed by atoms with E-state index in [0.717, 1.165) is 0 Å². The van der Waals surface area contributed by atoms with Crippen LogP contribution in [0.1, 0.15) is 15.9 Å². The maximum atomic E-state index is 12.7. The van der Waals surface area contributed by atoms with Crippen molar-refractivity contribution >= 4 is 29.1 Å². The zero-order chi connectivity index (χ0) is 13.9. The Morgan fingerprint density at radius 3 is 2.61 bits per heavy atom. The number of halogens is 5. The van der Waals surface area contributed by atoms with Gasteiger partial charge in [0.1, 0.15) is 16.9 Å². The first kappa shape index (κ1) is 14.5. The van der Waals surface area contributed by atoms with Crippen LogP contribution in [0.15, 0.2) is 6.07 Å². The molecule has 0 spiro atoms. The van der Waals surface area contributed by atoms with Crippen LogP contribution in [-0.4, -0.2) is 17.4 Å². The van der Waals surface area contributed by atoms with Crippen LogP contribution in [-0.2, 0) is 6.18 Å². The molecular formula is C9H4Cl2F3N3O. The van der Waals surface area contributed by atoms with Gasteiger partial charge in [-0.15, -0.1) is 0 Å². The van der Waals surface area contributed by atoms with Crippen molar-refractivity contribution in [1.82, 2.24) is 10.3 Å². The second kappa shape index (κ2) is 5.42.